The van der Waals surface area contributed by atoms with Crippen LogP contribution >= 0.6 is 0 Å². The largest absolute Gasteiger partial charge is 0.431 e. The summed E-state index contributed by atoms with van der Waals surface area (Å²) in [4.78, 5) is 32.8. The van der Waals surface area contributed by atoms with E-state index in [1.165, 1.54) is 6.92 Å². The van der Waals surface area contributed by atoms with Gasteiger partial charge in [-0.3, -0.25) is 9.59 Å². The van der Waals surface area contributed by atoms with E-state index < -0.39 is 5.97 Å². The summed E-state index contributed by atoms with van der Waals surface area (Å²) in [6.45, 7) is 4.76. The van der Waals surface area contributed by atoms with Gasteiger partial charge >= 0.3 is 5.97 Å². The van der Waals surface area contributed by atoms with Crippen LogP contribution in [0, 0.1) is 0 Å². The molecule has 0 bridgehead atoms. The van der Waals surface area contributed by atoms with Gasteiger partial charge in [0.05, 0.1) is 0 Å². The van der Waals surface area contributed by atoms with Gasteiger partial charge in [0.25, 0.3) is 0 Å². The molecule has 0 saturated heterocycles. The lowest BCUT2D eigenvalue weighted by Gasteiger charge is -2.09. The lowest BCUT2D eigenvalue weighted by molar-refractivity contribution is -0.136. The topological polar surface area (TPSA) is 60.4 Å². The molecule has 90 valence electrons. The maximum absolute atomic E-state index is 11.7. The van der Waals surface area contributed by atoms with Crippen LogP contribution in [0.5, 0.6) is 0 Å². The van der Waals surface area contributed by atoms with E-state index in [9.17, 15) is 14.4 Å². The lowest BCUT2D eigenvalue weighted by atomic mass is 10.0. The SMILES string of the molecule is CCCC(=O)/C(CCC=O)=C(/C)OC(C)=O. The van der Waals surface area contributed by atoms with E-state index in [4.69, 9.17) is 4.74 Å². The Labute approximate surface area is 95.7 Å². The minimum Gasteiger partial charge on any atom is -0.431 e. The van der Waals surface area contributed by atoms with Crippen molar-refractivity contribution >= 4 is 18.0 Å². The van der Waals surface area contributed by atoms with Crippen LogP contribution in [0.25, 0.3) is 0 Å². The molecule has 0 aliphatic rings. The highest BCUT2D eigenvalue weighted by atomic mass is 16.5. The summed E-state index contributed by atoms with van der Waals surface area (Å²) in [6, 6.07) is 0. The van der Waals surface area contributed by atoms with Gasteiger partial charge in [-0.15, -0.1) is 0 Å². The molecule has 0 aliphatic carbocycles. The predicted octanol–water partition coefficient (Wildman–Crippen LogP) is 2.17. The second-order valence-corrected chi connectivity index (χ2v) is 3.51. The zero-order chi connectivity index (χ0) is 12.6. The Balaban J connectivity index is 4.81. The van der Waals surface area contributed by atoms with Gasteiger partial charge in [0.1, 0.15) is 12.0 Å². The molecular weight excluding hydrogens is 208 g/mol. The number of carbonyl (C=O) groups is 3. The Morgan fingerprint density at radius 3 is 2.25 bits per heavy atom. The molecule has 0 radical (unpaired) electrons. The number of ketones is 1. The summed E-state index contributed by atoms with van der Waals surface area (Å²) in [5, 5.41) is 0. The number of carbonyl (C=O) groups excluding carboxylic acids is 3. The fourth-order valence-electron chi connectivity index (χ4n) is 1.37. The second-order valence-electron chi connectivity index (χ2n) is 3.51. The molecule has 0 aromatic rings. The zero-order valence-electron chi connectivity index (χ0n) is 10.0. The van der Waals surface area contributed by atoms with E-state index in [0.29, 0.717) is 24.2 Å². The van der Waals surface area contributed by atoms with Crippen LogP contribution in [-0.4, -0.2) is 18.0 Å². The second kappa shape index (κ2) is 7.79. The molecule has 0 fully saturated rings. The Bertz CT molecular complexity index is 302. The molecule has 0 atom stereocenters. The van der Waals surface area contributed by atoms with Crippen molar-refractivity contribution in [1.29, 1.82) is 0 Å². The van der Waals surface area contributed by atoms with Crippen LogP contribution in [0.15, 0.2) is 11.3 Å². The van der Waals surface area contributed by atoms with Crippen molar-refractivity contribution < 1.29 is 19.1 Å². The van der Waals surface area contributed by atoms with Crippen molar-refractivity contribution in [3.8, 4) is 0 Å². The Morgan fingerprint density at radius 2 is 1.81 bits per heavy atom. The van der Waals surface area contributed by atoms with Crippen LogP contribution in [0.1, 0.15) is 46.5 Å². The summed E-state index contributed by atoms with van der Waals surface area (Å²) in [6.07, 6.45) is 2.49. The molecule has 4 nitrogen and oxygen atoms in total. The van der Waals surface area contributed by atoms with Gasteiger partial charge in [-0.2, -0.15) is 0 Å². The fourth-order valence-corrected chi connectivity index (χ4v) is 1.37. The molecule has 0 heterocycles. The first-order valence-electron chi connectivity index (χ1n) is 5.37. The molecule has 0 unspecified atom stereocenters. The van der Waals surface area contributed by atoms with Crippen LogP contribution in [-0.2, 0) is 19.1 Å². The lowest BCUT2D eigenvalue weighted by Crippen LogP contribution is -2.08. The van der Waals surface area contributed by atoms with E-state index in [0.717, 1.165) is 12.7 Å². The predicted molar refractivity (Wildman–Crippen MR) is 59.7 cm³/mol. The minimum absolute atomic E-state index is 0.0527. The Morgan fingerprint density at radius 1 is 1.19 bits per heavy atom. The van der Waals surface area contributed by atoms with Crippen molar-refractivity contribution in [3.05, 3.63) is 11.3 Å². The molecular formula is C12H18O4. The average molecular weight is 226 g/mol. The van der Waals surface area contributed by atoms with Gasteiger partial charge in [0.2, 0.25) is 0 Å². The van der Waals surface area contributed by atoms with Crippen molar-refractivity contribution in [2.24, 2.45) is 0 Å². The normalized spacial score (nSPS) is 11.7. The highest BCUT2D eigenvalue weighted by Gasteiger charge is 2.14. The molecule has 0 N–H and O–H groups in total. The molecule has 0 aromatic heterocycles. The number of aldehydes is 1. The third kappa shape index (κ3) is 5.44. The zero-order valence-corrected chi connectivity index (χ0v) is 10.0. The monoisotopic (exact) mass is 226 g/mol. The molecule has 16 heavy (non-hydrogen) atoms. The van der Waals surface area contributed by atoms with Crippen LogP contribution in [0.3, 0.4) is 0 Å². The minimum atomic E-state index is -0.453. The van der Waals surface area contributed by atoms with Crippen molar-refractivity contribution in [2.75, 3.05) is 0 Å². The third-order valence-electron chi connectivity index (χ3n) is 2.05. The van der Waals surface area contributed by atoms with Crippen molar-refractivity contribution in [3.63, 3.8) is 0 Å². The first-order valence-corrected chi connectivity index (χ1v) is 5.37. The summed E-state index contributed by atoms with van der Waals surface area (Å²) >= 11 is 0. The number of Topliss-reactive ketones (excluding diaryl/α,β-unsaturated/α-hetero) is 1. The van der Waals surface area contributed by atoms with Gasteiger partial charge in [0, 0.05) is 25.3 Å². The van der Waals surface area contributed by atoms with E-state index in [-0.39, 0.29) is 12.2 Å². The number of ether oxygens (including phenoxy) is 1. The standard InChI is InChI=1S/C12H18O4/c1-4-6-12(15)11(7-5-8-13)9(2)16-10(3)14/h8H,4-7H2,1-3H3/b11-9-. The van der Waals surface area contributed by atoms with Gasteiger partial charge < -0.3 is 9.53 Å². The van der Waals surface area contributed by atoms with Crippen LogP contribution in [0.2, 0.25) is 0 Å². The number of hydrogen-bond donors (Lipinski definition) is 0. The molecule has 4 heteroatoms. The number of rotatable bonds is 7. The average Bonchev–Trinajstić information content (AvgIpc) is 2.17. The van der Waals surface area contributed by atoms with Gasteiger partial charge in [-0.05, 0) is 19.8 Å². The van der Waals surface area contributed by atoms with Crippen molar-refractivity contribution in [2.45, 2.75) is 46.5 Å². The number of allylic oxidation sites excluding steroid dienone is 2. The Hall–Kier alpha value is -1.45. The quantitative estimate of drug-likeness (QED) is 0.289. The van der Waals surface area contributed by atoms with Gasteiger partial charge in [-0.1, -0.05) is 6.92 Å². The maximum atomic E-state index is 11.7. The fraction of sp³-hybridized carbons (Fsp3) is 0.583. The highest BCUT2D eigenvalue weighted by Crippen LogP contribution is 2.15. The van der Waals surface area contributed by atoms with Crippen LogP contribution < -0.4 is 0 Å². The van der Waals surface area contributed by atoms with E-state index in [1.54, 1.807) is 6.92 Å². The molecule has 0 saturated carbocycles. The summed E-state index contributed by atoms with van der Waals surface area (Å²) in [7, 11) is 0. The smallest absolute Gasteiger partial charge is 0.307 e. The highest BCUT2D eigenvalue weighted by molar-refractivity contribution is 5.96. The third-order valence-corrected chi connectivity index (χ3v) is 2.05. The Kier molecular flexibility index (Phi) is 7.09. The summed E-state index contributed by atoms with van der Waals surface area (Å²) in [5.41, 5.74) is 0.448. The molecule has 0 rings (SSSR count). The molecule has 0 aliphatic heterocycles. The van der Waals surface area contributed by atoms with Gasteiger partial charge in [0.15, 0.2) is 5.78 Å². The summed E-state index contributed by atoms with van der Waals surface area (Å²) < 4.78 is 4.88. The number of hydrogen-bond acceptors (Lipinski definition) is 4. The van der Waals surface area contributed by atoms with E-state index >= 15 is 0 Å². The van der Waals surface area contributed by atoms with Gasteiger partial charge in [-0.25, -0.2) is 0 Å². The first-order chi connectivity index (χ1) is 7.52. The summed E-state index contributed by atoms with van der Waals surface area (Å²) in [5.74, 6) is -0.193. The molecule has 0 spiro atoms. The van der Waals surface area contributed by atoms with E-state index in [1.807, 2.05) is 6.92 Å². The number of esters is 1. The van der Waals surface area contributed by atoms with E-state index in [2.05, 4.69) is 0 Å². The van der Waals surface area contributed by atoms with Crippen LogP contribution in [0.4, 0.5) is 0 Å². The molecule has 0 aromatic carbocycles. The molecule has 0 amide bonds. The first kappa shape index (κ1) is 14.6. The maximum Gasteiger partial charge on any atom is 0.307 e. The van der Waals surface area contributed by atoms with Crippen molar-refractivity contribution in [1.82, 2.24) is 0 Å².